The summed E-state index contributed by atoms with van der Waals surface area (Å²) < 4.78 is 24.5. The lowest BCUT2D eigenvalue weighted by Crippen LogP contribution is -2.19. The number of amides is 1. The summed E-state index contributed by atoms with van der Waals surface area (Å²) in [7, 11) is -3.74. The Hall–Kier alpha value is -2.87. The summed E-state index contributed by atoms with van der Waals surface area (Å²) >= 11 is 11.9. The van der Waals surface area contributed by atoms with Crippen LogP contribution in [-0.2, 0) is 10.0 Å². The van der Waals surface area contributed by atoms with Gasteiger partial charge < -0.3 is 5.32 Å². The Morgan fingerprint density at radius 1 is 0.933 bits per heavy atom. The van der Waals surface area contributed by atoms with Gasteiger partial charge in [0.15, 0.2) is 0 Å². The Kier molecular flexibility index (Phi) is 6.77. The number of carbonyl (C=O) groups excluding carboxylic acids is 1. The third-order valence-corrected chi connectivity index (χ3v) is 5.90. The summed E-state index contributed by atoms with van der Waals surface area (Å²) in [5.41, 5.74) is 2.01. The van der Waals surface area contributed by atoms with Gasteiger partial charge in [-0.15, -0.1) is 0 Å². The van der Waals surface area contributed by atoms with Crippen molar-refractivity contribution in [2.24, 2.45) is 5.10 Å². The normalized spacial score (nSPS) is 11.8. The van der Waals surface area contributed by atoms with E-state index in [4.69, 9.17) is 23.2 Å². The van der Waals surface area contributed by atoms with E-state index in [1.54, 1.807) is 61.5 Å². The third-order valence-electron chi connectivity index (χ3n) is 4.12. The van der Waals surface area contributed by atoms with E-state index in [9.17, 15) is 13.2 Å². The van der Waals surface area contributed by atoms with Gasteiger partial charge in [-0.3, -0.25) is 4.79 Å². The summed E-state index contributed by atoms with van der Waals surface area (Å²) in [6, 6.07) is 19.4. The van der Waals surface area contributed by atoms with E-state index in [-0.39, 0.29) is 15.8 Å². The number of sulfonamides is 1. The van der Waals surface area contributed by atoms with E-state index >= 15 is 0 Å². The third kappa shape index (κ3) is 5.38. The van der Waals surface area contributed by atoms with Crippen LogP contribution in [0.3, 0.4) is 0 Å². The maximum absolute atomic E-state index is 12.4. The number of nitrogens with one attached hydrogen (secondary N) is 2. The monoisotopic (exact) mass is 461 g/mol. The van der Waals surface area contributed by atoms with Crippen LogP contribution in [0.1, 0.15) is 22.8 Å². The largest absolute Gasteiger partial charge is 0.322 e. The molecule has 3 rings (SSSR count). The van der Waals surface area contributed by atoms with Gasteiger partial charge in [0.1, 0.15) is 0 Å². The molecule has 2 N–H and O–H groups in total. The van der Waals surface area contributed by atoms with E-state index in [2.05, 4.69) is 15.2 Å². The molecule has 0 spiro atoms. The molecule has 0 bridgehead atoms. The molecule has 0 aromatic heterocycles. The second kappa shape index (κ2) is 9.30. The molecule has 0 atom stereocenters. The van der Waals surface area contributed by atoms with Crippen LogP contribution >= 0.6 is 23.2 Å². The van der Waals surface area contributed by atoms with E-state index in [0.29, 0.717) is 27.5 Å². The standard InChI is InChI=1S/C21H17Cl2N3O3S/c1-14(25-26-30(28,29)18-5-3-2-4-6-18)15-7-10-17(11-8-15)24-21(27)19-12-9-16(22)13-20(19)23/h2-13,26H,1H3,(H,24,27)/b25-14-. The number of anilines is 1. The first-order valence-corrected chi connectivity index (χ1v) is 11.0. The summed E-state index contributed by atoms with van der Waals surface area (Å²) in [5.74, 6) is -0.370. The Morgan fingerprint density at radius 3 is 2.23 bits per heavy atom. The van der Waals surface area contributed by atoms with Gasteiger partial charge in [0.2, 0.25) is 0 Å². The molecule has 0 aliphatic carbocycles. The fraction of sp³-hybridized carbons (Fsp3) is 0.0476. The van der Waals surface area contributed by atoms with Crippen molar-refractivity contribution < 1.29 is 13.2 Å². The minimum absolute atomic E-state index is 0.125. The number of nitrogens with zero attached hydrogens (tertiary/aromatic N) is 1. The predicted molar refractivity (Wildman–Crippen MR) is 120 cm³/mol. The fourth-order valence-corrected chi connectivity index (χ4v) is 3.88. The quantitative estimate of drug-likeness (QED) is 0.402. The highest BCUT2D eigenvalue weighted by Crippen LogP contribution is 2.22. The number of hydrazone groups is 1. The predicted octanol–water partition coefficient (Wildman–Crippen LogP) is 4.95. The van der Waals surface area contributed by atoms with Crippen LogP contribution < -0.4 is 10.1 Å². The Bertz CT molecular complexity index is 1200. The van der Waals surface area contributed by atoms with Crippen LogP contribution in [0.15, 0.2) is 82.8 Å². The number of hydrogen-bond donors (Lipinski definition) is 2. The molecule has 1 amide bonds. The molecule has 0 aliphatic rings. The van der Waals surface area contributed by atoms with Crippen molar-refractivity contribution in [3.8, 4) is 0 Å². The van der Waals surface area contributed by atoms with E-state index in [1.807, 2.05) is 0 Å². The number of hydrogen-bond acceptors (Lipinski definition) is 4. The van der Waals surface area contributed by atoms with Gasteiger partial charge in [-0.05, 0) is 55.0 Å². The Balaban J connectivity index is 1.69. The summed E-state index contributed by atoms with van der Waals surface area (Å²) in [6.45, 7) is 1.68. The van der Waals surface area contributed by atoms with Crippen molar-refractivity contribution in [3.05, 3.63) is 94.0 Å². The molecule has 0 saturated heterocycles. The van der Waals surface area contributed by atoms with Gasteiger partial charge in [0.05, 0.1) is 21.2 Å². The van der Waals surface area contributed by atoms with Crippen LogP contribution in [0.4, 0.5) is 5.69 Å². The molecule has 0 fully saturated rings. The topological polar surface area (TPSA) is 87.6 Å². The highest BCUT2D eigenvalue weighted by molar-refractivity contribution is 7.89. The molecule has 6 nitrogen and oxygen atoms in total. The van der Waals surface area contributed by atoms with Crippen molar-refractivity contribution in [2.75, 3.05) is 5.32 Å². The minimum atomic E-state index is -3.74. The molecule has 30 heavy (non-hydrogen) atoms. The van der Waals surface area contributed by atoms with Gasteiger partial charge in [-0.2, -0.15) is 18.4 Å². The van der Waals surface area contributed by atoms with Crippen molar-refractivity contribution in [3.63, 3.8) is 0 Å². The van der Waals surface area contributed by atoms with E-state index < -0.39 is 10.0 Å². The first-order valence-electron chi connectivity index (χ1n) is 8.74. The van der Waals surface area contributed by atoms with Gasteiger partial charge in [0, 0.05) is 10.7 Å². The van der Waals surface area contributed by atoms with Crippen LogP contribution in [0.5, 0.6) is 0 Å². The first-order chi connectivity index (χ1) is 14.3. The highest BCUT2D eigenvalue weighted by atomic mass is 35.5. The Labute approximate surface area is 184 Å². The van der Waals surface area contributed by atoms with Crippen LogP contribution in [-0.4, -0.2) is 20.0 Å². The van der Waals surface area contributed by atoms with Crippen LogP contribution in [0.2, 0.25) is 10.0 Å². The van der Waals surface area contributed by atoms with Gasteiger partial charge >= 0.3 is 0 Å². The molecular formula is C21H17Cl2N3O3S. The second-order valence-electron chi connectivity index (χ2n) is 6.26. The lowest BCUT2D eigenvalue weighted by Gasteiger charge is -2.09. The van der Waals surface area contributed by atoms with Gasteiger partial charge in [-0.1, -0.05) is 53.5 Å². The molecule has 154 valence electrons. The molecule has 0 heterocycles. The molecule has 0 radical (unpaired) electrons. The smallest absolute Gasteiger partial charge is 0.276 e. The zero-order valence-electron chi connectivity index (χ0n) is 15.8. The highest BCUT2D eigenvalue weighted by Gasteiger charge is 2.13. The number of benzene rings is 3. The van der Waals surface area contributed by atoms with E-state index in [1.165, 1.54) is 18.2 Å². The lowest BCUT2D eigenvalue weighted by molar-refractivity contribution is 0.102. The molecule has 0 aliphatic heterocycles. The molecule has 9 heteroatoms. The molecular weight excluding hydrogens is 445 g/mol. The van der Waals surface area contributed by atoms with E-state index in [0.717, 1.165) is 0 Å². The maximum atomic E-state index is 12.4. The van der Waals surface area contributed by atoms with Crippen molar-refractivity contribution in [1.29, 1.82) is 0 Å². The maximum Gasteiger partial charge on any atom is 0.276 e. The number of halogens is 2. The zero-order valence-corrected chi connectivity index (χ0v) is 18.1. The van der Waals surface area contributed by atoms with Crippen molar-refractivity contribution in [2.45, 2.75) is 11.8 Å². The number of rotatable bonds is 6. The minimum Gasteiger partial charge on any atom is -0.322 e. The number of carbonyl (C=O) groups is 1. The summed E-state index contributed by atoms with van der Waals surface area (Å²) in [5, 5.41) is 7.40. The average molecular weight is 462 g/mol. The lowest BCUT2D eigenvalue weighted by atomic mass is 10.1. The van der Waals surface area contributed by atoms with Gasteiger partial charge in [-0.25, -0.2) is 0 Å². The molecule has 3 aromatic carbocycles. The fourth-order valence-electron chi connectivity index (χ4n) is 2.51. The summed E-state index contributed by atoms with van der Waals surface area (Å²) in [6.07, 6.45) is 0. The molecule has 0 saturated carbocycles. The van der Waals surface area contributed by atoms with Crippen molar-refractivity contribution in [1.82, 2.24) is 4.83 Å². The zero-order chi connectivity index (χ0) is 21.7. The van der Waals surface area contributed by atoms with Crippen LogP contribution in [0.25, 0.3) is 0 Å². The molecule has 0 unspecified atom stereocenters. The van der Waals surface area contributed by atoms with Crippen LogP contribution in [0, 0.1) is 0 Å². The first kappa shape index (κ1) is 21.8. The van der Waals surface area contributed by atoms with Gasteiger partial charge in [0.25, 0.3) is 15.9 Å². The summed E-state index contributed by atoms with van der Waals surface area (Å²) in [4.78, 5) is 14.7. The molecule has 3 aromatic rings. The average Bonchev–Trinajstić information content (AvgIpc) is 2.73. The second-order valence-corrected chi connectivity index (χ2v) is 8.77. The van der Waals surface area contributed by atoms with Crippen molar-refractivity contribution >= 4 is 50.5 Å². The Morgan fingerprint density at radius 2 is 1.60 bits per heavy atom. The SMILES string of the molecule is C/C(=N/NS(=O)(=O)c1ccccc1)c1ccc(NC(=O)c2ccc(Cl)cc2Cl)cc1.